The SMILES string of the molecule is CC(C)(C)OC(=O)N1CCNCC1c1cc(Br)co1. The van der Waals surface area contributed by atoms with E-state index in [1.165, 1.54) is 0 Å². The number of hydrogen-bond donors (Lipinski definition) is 1. The van der Waals surface area contributed by atoms with E-state index in [0.717, 1.165) is 16.8 Å². The summed E-state index contributed by atoms with van der Waals surface area (Å²) in [7, 11) is 0. The Bertz CT molecular complexity index is 453. The number of carbonyl (C=O) groups excluding carboxylic acids is 1. The number of halogens is 1. The number of amides is 1. The maximum atomic E-state index is 12.2. The van der Waals surface area contributed by atoms with Crippen molar-refractivity contribution in [1.82, 2.24) is 10.2 Å². The van der Waals surface area contributed by atoms with Crippen LogP contribution in [0.4, 0.5) is 4.79 Å². The van der Waals surface area contributed by atoms with Crippen molar-refractivity contribution in [1.29, 1.82) is 0 Å². The van der Waals surface area contributed by atoms with Gasteiger partial charge in [0.25, 0.3) is 0 Å². The fourth-order valence-electron chi connectivity index (χ4n) is 2.00. The van der Waals surface area contributed by atoms with E-state index in [1.54, 1.807) is 11.2 Å². The van der Waals surface area contributed by atoms with Gasteiger partial charge in [-0.25, -0.2) is 4.79 Å². The van der Waals surface area contributed by atoms with Gasteiger partial charge >= 0.3 is 6.09 Å². The largest absolute Gasteiger partial charge is 0.466 e. The highest BCUT2D eigenvalue weighted by Crippen LogP contribution is 2.27. The van der Waals surface area contributed by atoms with Crippen molar-refractivity contribution in [2.75, 3.05) is 19.6 Å². The minimum absolute atomic E-state index is 0.130. The second-order valence-electron chi connectivity index (χ2n) is 5.56. The molecule has 0 saturated carbocycles. The number of furan rings is 1. The van der Waals surface area contributed by atoms with Crippen molar-refractivity contribution in [2.24, 2.45) is 0 Å². The molecule has 2 heterocycles. The Hall–Kier alpha value is -1.01. The first-order chi connectivity index (χ1) is 8.87. The average molecular weight is 331 g/mol. The number of rotatable bonds is 1. The van der Waals surface area contributed by atoms with E-state index in [1.807, 2.05) is 26.8 Å². The summed E-state index contributed by atoms with van der Waals surface area (Å²) in [5, 5.41) is 3.27. The van der Waals surface area contributed by atoms with Gasteiger partial charge in [-0.3, -0.25) is 4.90 Å². The average Bonchev–Trinajstić information content (AvgIpc) is 2.73. The van der Waals surface area contributed by atoms with E-state index in [4.69, 9.17) is 9.15 Å². The molecule has 106 valence electrons. The smallest absolute Gasteiger partial charge is 0.411 e. The first-order valence-corrected chi connectivity index (χ1v) is 7.10. The Kier molecular flexibility index (Phi) is 4.20. The molecule has 5 nitrogen and oxygen atoms in total. The third-order valence-corrected chi connectivity index (χ3v) is 3.20. The van der Waals surface area contributed by atoms with Crippen LogP contribution in [-0.2, 0) is 4.74 Å². The molecule has 1 aliphatic rings. The highest BCUT2D eigenvalue weighted by molar-refractivity contribution is 9.10. The van der Waals surface area contributed by atoms with E-state index in [2.05, 4.69) is 21.2 Å². The van der Waals surface area contributed by atoms with Gasteiger partial charge in [-0.15, -0.1) is 0 Å². The lowest BCUT2D eigenvalue weighted by Gasteiger charge is -2.36. The number of hydrogen-bond acceptors (Lipinski definition) is 4. The fraction of sp³-hybridized carbons (Fsp3) is 0.615. The standard InChI is InChI=1S/C13H19BrN2O3/c1-13(2,3)19-12(17)16-5-4-15-7-10(16)11-6-9(14)8-18-11/h6,8,10,15H,4-5,7H2,1-3H3. The van der Waals surface area contributed by atoms with Crippen LogP contribution in [0.5, 0.6) is 0 Å². The Morgan fingerprint density at radius 1 is 1.58 bits per heavy atom. The van der Waals surface area contributed by atoms with E-state index >= 15 is 0 Å². The van der Waals surface area contributed by atoms with Gasteiger partial charge in [-0.1, -0.05) is 0 Å². The lowest BCUT2D eigenvalue weighted by molar-refractivity contribution is 0.00932. The molecule has 0 aromatic carbocycles. The maximum absolute atomic E-state index is 12.2. The minimum atomic E-state index is -0.490. The lowest BCUT2D eigenvalue weighted by atomic mass is 10.1. The van der Waals surface area contributed by atoms with Crippen LogP contribution in [0.1, 0.15) is 32.6 Å². The molecule has 1 aromatic heterocycles. The normalized spacial score (nSPS) is 20.4. The zero-order valence-electron chi connectivity index (χ0n) is 11.4. The monoisotopic (exact) mass is 330 g/mol. The van der Waals surface area contributed by atoms with Gasteiger partial charge in [-0.2, -0.15) is 0 Å². The Morgan fingerprint density at radius 2 is 2.32 bits per heavy atom. The zero-order chi connectivity index (χ0) is 14.0. The minimum Gasteiger partial charge on any atom is -0.466 e. The predicted octanol–water partition coefficient (Wildman–Crippen LogP) is 2.92. The molecule has 19 heavy (non-hydrogen) atoms. The molecule has 1 fully saturated rings. The van der Waals surface area contributed by atoms with Gasteiger partial charge in [0.1, 0.15) is 23.7 Å². The summed E-state index contributed by atoms with van der Waals surface area (Å²) in [5.74, 6) is 0.755. The van der Waals surface area contributed by atoms with Crippen LogP contribution in [0.2, 0.25) is 0 Å². The molecule has 1 saturated heterocycles. The van der Waals surface area contributed by atoms with Crippen LogP contribution >= 0.6 is 15.9 Å². The van der Waals surface area contributed by atoms with Gasteiger partial charge < -0.3 is 14.5 Å². The summed E-state index contributed by atoms with van der Waals surface area (Å²) in [6.07, 6.45) is 1.32. The molecule has 1 amide bonds. The van der Waals surface area contributed by atoms with Gasteiger partial charge in [0.05, 0.1) is 4.47 Å². The third kappa shape index (κ3) is 3.73. The van der Waals surface area contributed by atoms with E-state index in [-0.39, 0.29) is 12.1 Å². The molecular formula is C13H19BrN2O3. The molecule has 1 aliphatic heterocycles. The van der Waals surface area contributed by atoms with Crippen LogP contribution in [-0.4, -0.2) is 36.2 Å². The molecule has 0 radical (unpaired) electrons. The van der Waals surface area contributed by atoms with E-state index in [9.17, 15) is 4.79 Å². The van der Waals surface area contributed by atoms with Crippen LogP contribution in [0, 0.1) is 0 Å². The molecule has 1 atom stereocenters. The molecule has 2 rings (SSSR count). The van der Waals surface area contributed by atoms with E-state index in [0.29, 0.717) is 13.1 Å². The van der Waals surface area contributed by atoms with Gasteiger partial charge in [0, 0.05) is 19.6 Å². The second-order valence-corrected chi connectivity index (χ2v) is 6.48. The van der Waals surface area contributed by atoms with Crippen LogP contribution in [0.3, 0.4) is 0 Å². The van der Waals surface area contributed by atoms with Crippen LogP contribution < -0.4 is 5.32 Å². The van der Waals surface area contributed by atoms with Crippen molar-refractivity contribution >= 4 is 22.0 Å². The number of piperazine rings is 1. The van der Waals surface area contributed by atoms with Crippen LogP contribution in [0.25, 0.3) is 0 Å². The zero-order valence-corrected chi connectivity index (χ0v) is 13.0. The number of nitrogens with one attached hydrogen (secondary N) is 1. The summed E-state index contributed by atoms with van der Waals surface area (Å²) < 4.78 is 11.8. The lowest BCUT2D eigenvalue weighted by Crippen LogP contribution is -2.50. The molecule has 1 unspecified atom stereocenters. The van der Waals surface area contributed by atoms with Gasteiger partial charge in [-0.05, 0) is 42.8 Å². The molecular weight excluding hydrogens is 312 g/mol. The van der Waals surface area contributed by atoms with E-state index < -0.39 is 5.60 Å². The molecule has 6 heteroatoms. The van der Waals surface area contributed by atoms with Crippen molar-refractivity contribution < 1.29 is 13.9 Å². The number of nitrogens with zero attached hydrogens (tertiary/aromatic N) is 1. The number of ether oxygens (including phenoxy) is 1. The van der Waals surface area contributed by atoms with Crippen molar-refractivity contribution in [3.8, 4) is 0 Å². The van der Waals surface area contributed by atoms with Crippen molar-refractivity contribution in [3.05, 3.63) is 22.6 Å². The molecule has 0 spiro atoms. The van der Waals surface area contributed by atoms with Crippen LogP contribution in [0.15, 0.2) is 21.2 Å². The van der Waals surface area contributed by atoms with Gasteiger partial charge in [0.15, 0.2) is 0 Å². The first kappa shape index (κ1) is 14.4. The topological polar surface area (TPSA) is 54.7 Å². The highest BCUT2D eigenvalue weighted by Gasteiger charge is 2.33. The third-order valence-electron chi connectivity index (χ3n) is 2.79. The molecule has 0 bridgehead atoms. The van der Waals surface area contributed by atoms with Crippen molar-refractivity contribution in [3.63, 3.8) is 0 Å². The fourth-order valence-corrected chi connectivity index (χ4v) is 2.32. The summed E-state index contributed by atoms with van der Waals surface area (Å²) in [6.45, 7) is 7.64. The molecule has 1 N–H and O–H groups in total. The highest BCUT2D eigenvalue weighted by atomic mass is 79.9. The summed E-state index contributed by atoms with van der Waals surface area (Å²) in [5.41, 5.74) is -0.490. The number of carbonyl (C=O) groups is 1. The maximum Gasteiger partial charge on any atom is 0.411 e. The quantitative estimate of drug-likeness (QED) is 0.860. The summed E-state index contributed by atoms with van der Waals surface area (Å²) >= 11 is 3.36. The Balaban J connectivity index is 2.14. The molecule has 0 aliphatic carbocycles. The molecule has 1 aromatic rings. The Morgan fingerprint density at radius 3 is 2.89 bits per heavy atom. The predicted molar refractivity (Wildman–Crippen MR) is 75.0 cm³/mol. The Labute approximate surface area is 121 Å². The van der Waals surface area contributed by atoms with Gasteiger partial charge in [0.2, 0.25) is 0 Å². The summed E-state index contributed by atoms with van der Waals surface area (Å²) in [4.78, 5) is 13.9. The first-order valence-electron chi connectivity index (χ1n) is 6.31. The van der Waals surface area contributed by atoms with Crippen molar-refractivity contribution in [2.45, 2.75) is 32.4 Å². The second kappa shape index (κ2) is 5.54. The summed E-state index contributed by atoms with van der Waals surface area (Å²) in [6, 6.07) is 1.75.